The van der Waals surface area contributed by atoms with E-state index < -0.39 is 18.5 Å². The van der Waals surface area contributed by atoms with Crippen molar-refractivity contribution in [2.24, 2.45) is 0 Å². The van der Waals surface area contributed by atoms with Gasteiger partial charge in [-0.15, -0.1) is 0 Å². The van der Waals surface area contributed by atoms with Crippen molar-refractivity contribution in [2.45, 2.75) is 102 Å². The van der Waals surface area contributed by atoms with E-state index in [1.54, 1.807) is 7.11 Å². The molecular weight excluding hydrogens is 465 g/mol. The summed E-state index contributed by atoms with van der Waals surface area (Å²) >= 11 is 0. The molecule has 0 aliphatic rings. The average Bonchev–Trinajstić information content (AvgIpc) is 2.88. The fourth-order valence-corrected chi connectivity index (χ4v) is 2.77. The van der Waals surface area contributed by atoms with Gasteiger partial charge in [-0.3, -0.25) is 0 Å². The molecule has 0 aromatic carbocycles. The van der Waals surface area contributed by atoms with Gasteiger partial charge in [-0.2, -0.15) is 0 Å². The molecule has 0 bridgehead atoms. The number of unbranched alkanes of at least 4 members (excludes halogenated alkanes) is 6. The molecule has 0 aliphatic heterocycles. The van der Waals surface area contributed by atoms with E-state index >= 15 is 0 Å². The Kier molecular flexibility index (Phi) is 39.0. The normalized spacial score (nSPS) is 13.0. The van der Waals surface area contributed by atoms with Gasteiger partial charge >= 0.3 is 0 Å². The molecule has 3 atom stereocenters. The van der Waals surface area contributed by atoms with Crippen LogP contribution in [-0.4, -0.2) is 87.2 Å². The van der Waals surface area contributed by atoms with E-state index in [9.17, 15) is 13.2 Å². The summed E-state index contributed by atoms with van der Waals surface area (Å²) in [7, 11) is 1.66. The van der Waals surface area contributed by atoms with Crippen LogP contribution in [0.15, 0.2) is 12.8 Å². The topological polar surface area (TPSA) is 88.4 Å². The third-order valence-electron chi connectivity index (χ3n) is 4.87. The highest BCUT2D eigenvalue weighted by Crippen LogP contribution is 2.07. The van der Waals surface area contributed by atoms with Gasteiger partial charge in [0.05, 0.1) is 32.7 Å². The fraction of sp³-hybridized carbons (Fsp3) is 0.923. The predicted molar refractivity (Wildman–Crippen MR) is 136 cm³/mol. The molecule has 3 N–H and O–H groups in total. The number of alkyl halides is 3. The van der Waals surface area contributed by atoms with Crippen LogP contribution in [-0.2, 0) is 14.2 Å². The summed E-state index contributed by atoms with van der Waals surface area (Å²) in [4.78, 5) is 0. The number of hydrogen-bond donors (Lipinski definition) is 3. The largest absolute Gasteiger partial charge is 0.502 e. The lowest BCUT2D eigenvalue weighted by atomic mass is 10.1. The lowest BCUT2D eigenvalue weighted by Crippen LogP contribution is -2.05. The van der Waals surface area contributed by atoms with Crippen molar-refractivity contribution in [1.82, 2.24) is 0 Å². The van der Waals surface area contributed by atoms with E-state index in [0.717, 1.165) is 77.6 Å². The highest BCUT2D eigenvalue weighted by atomic mass is 19.1. The molecule has 0 rings (SSSR count). The molecule has 35 heavy (non-hydrogen) atoms. The molecule has 0 fully saturated rings. The fourth-order valence-electron chi connectivity index (χ4n) is 2.77. The molecule has 0 amide bonds. The Bertz CT molecular complexity index is 381. The zero-order valence-corrected chi connectivity index (χ0v) is 22.2. The minimum atomic E-state index is -1.05. The second-order valence-electron chi connectivity index (χ2n) is 8.11. The summed E-state index contributed by atoms with van der Waals surface area (Å²) in [6, 6.07) is 0. The van der Waals surface area contributed by atoms with E-state index in [1.807, 2.05) is 6.92 Å². The third-order valence-corrected chi connectivity index (χ3v) is 4.87. The van der Waals surface area contributed by atoms with E-state index in [2.05, 4.69) is 6.58 Å². The van der Waals surface area contributed by atoms with Gasteiger partial charge in [0.2, 0.25) is 0 Å². The van der Waals surface area contributed by atoms with Crippen LogP contribution in [0.25, 0.3) is 0 Å². The van der Waals surface area contributed by atoms with Crippen LogP contribution in [0.4, 0.5) is 13.2 Å². The second-order valence-corrected chi connectivity index (χ2v) is 8.11. The smallest absolute Gasteiger partial charge is 0.123 e. The molecule has 0 aromatic heterocycles. The SMILES string of the molecule is C=COCCCCCC(F)CO.CCOCCCCCC(F)CO.COCCCCCC(F)CO. The maximum atomic E-state index is 12.4. The lowest BCUT2D eigenvalue weighted by molar-refractivity contribution is 0.139. The molecule has 0 saturated heterocycles. The zero-order valence-electron chi connectivity index (χ0n) is 22.2. The quantitative estimate of drug-likeness (QED) is 0.123. The first-order valence-electron chi connectivity index (χ1n) is 13.0. The van der Waals surface area contributed by atoms with Crippen molar-refractivity contribution in [3.05, 3.63) is 12.8 Å². The minimum absolute atomic E-state index is 0.342. The van der Waals surface area contributed by atoms with Crippen molar-refractivity contribution in [3.8, 4) is 0 Å². The maximum absolute atomic E-state index is 12.4. The molecule has 0 saturated carbocycles. The average molecular weight is 519 g/mol. The minimum Gasteiger partial charge on any atom is -0.502 e. The molecule has 0 radical (unpaired) electrons. The van der Waals surface area contributed by atoms with Crippen LogP contribution in [0.3, 0.4) is 0 Å². The first-order valence-corrected chi connectivity index (χ1v) is 13.0. The van der Waals surface area contributed by atoms with Crippen LogP contribution < -0.4 is 0 Å². The summed E-state index contributed by atoms with van der Waals surface area (Å²) in [6.07, 6.45) is 7.98. The third kappa shape index (κ3) is 40.6. The van der Waals surface area contributed by atoms with Crippen LogP contribution in [0.5, 0.6) is 0 Å². The molecule has 0 aliphatic carbocycles. The standard InChI is InChI=1S/C9H19FO2.C9H17FO2.C8H17FO2/c2*1-2-12-7-5-3-4-6-9(10)8-11;1-11-6-4-2-3-5-8(9)7-10/h9,11H,2-8H2,1H3;2,9,11H,1,3-8H2;8,10H,2-7H2,1H3. The van der Waals surface area contributed by atoms with E-state index in [0.29, 0.717) is 25.9 Å². The number of ether oxygens (including phenoxy) is 3. The molecule has 0 heterocycles. The Labute approximate surface area is 211 Å². The van der Waals surface area contributed by atoms with Crippen molar-refractivity contribution < 1.29 is 42.7 Å². The van der Waals surface area contributed by atoms with Gasteiger partial charge in [0.1, 0.15) is 18.5 Å². The molecular formula is C26H53F3O6. The summed E-state index contributed by atoms with van der Waals surface area (Å²) < 4.78 is 52.0. The van der Waals surface area contributed by atoms with Gasteiger partial charge in [0, 0.05) is 26.9 Å². The van der Waals surface area contributed by atoms with Crippen molar-refractivity contribution >= 4 is 0 Å². The van der Waals surface area contributed by atoms with E-state index in [4.69, 9.17) is 29.5 Å². The number of aliphatic hydroxyl groups is 3. The molecule has 0 spiro atoms. The van der Waals surface area contributed by atoms with Gasteiger partial charge in [-0.05, 0) is 51.9 Å². The first-order chi connectivity index (χ1) is 16.9. The number of rotatable bonds is 23. The van der Waals surface area contributed by atoms with E-state index in [-0.39, 0.29) is 19.8 Å². The van der Waals surface area contributed by atoms with Gasteiger partial charge in [-0.25, -0.2) is 13.2 Å². The van der Waals surface area contributed by atoms with Gasteiger partial charge in [0.25, 0.3) is 0 Å². The second kappa shape index (κ2) is 35.3. The van der Waals surface area contributed by atoms with Crippen LogP contribution in [0, 0.1) is 0 Å². The van der Waals surface area contributed by atoms with Crippen LogP contribution in [0.1, 0.15) is 84.0 Å². The number of aliphatic hydroxyl groups excluding tert-OH is 3. The van der Waals surface area contributed by atoms with Crippen molar-refractivity contribution in [3.63, 3.8) is 0 Å². The van der Waals surface area contributed by atoms with E-state index in [1.165, 1.54) is 6.26 Å². The molecule has 0 aromatic rings. The summed E-state index contributed by atoms with van der Waals surface area (Å²) in [5.41, 5.74) is 0. The van der Waals surface area contributed by atoms with Gasteiger partial charge in [0.15, 0.2) is 0 Å². The molecule has 6 nitrogen and oxygen atoms in total. The van der Waals surface area contributed by atoms with Gasteiger partial charge < -0.3 is 29.5 Å². The Morgan fingerprint density at radius 1 is 0.657 bits per heavy atom. The predicted octanol–water partition coefficient (Wildman–Crippen LogP) is 5.47. The highest BCUT2D eigenvalue weighted by molar-refractivity contribution is 4.55. The number of halogens is 3. The lowest BCUT2D eigenvalue weighted by Gasteiger charge is -2.04. The summed E-state index contributed by atoms with van der Waals surface area (Å²) in [5.74, 6) is 0. The Hall–Kier alpha value is -0.870. The Morgan fingerprint density at radius 2 is 1.06 bits per heavy atom. The number of methoxy groups -OCH3 is 1. The van der Waals surface area contributed by atoms with Gasteiger partial charge in [-0.1, -0.05) is 38.7 Å². The molecule has 3 unspecified atom stereocenters. The van der Waals surface area contributed by atoms with Crippen molar-refractivity contribution in [2.75, 3.05) is 53.4 Å². The monoisotopic (exact) mass is 518 g/mol. The summed E-state index contributed by atoms with van der Waals surface area (Å²) in [5, 5.41) is 25.1. The zero-order chi connectivity index (χ0) is 27.0. The van der Waals surface area contributed by atoms with Crippen LogP contribution in [0.2, 0.25) is 0 Å². The Balaban J connectivity index is -0.000000439. The maximum Gasteiger partial charge on any atom is 0.123 e. The highest BCUT2D eigenvalue weighted by Gasteiger charge is 2.04. The summed E-state index contributed by atoms with van der Waals surface area (Å²) in [6.45, 7) is 7.24. The Morgan fingerprint density at radius 3 is 1.40 bits per heavy atom. The molecule has 9 heteroatoms. The van der Waals surface area contributed by atoms with Crippen molar-refractivity contribution in [1.29, 1.82) is 0 Å². The van der Waals surface area contributed by atoms with Crippen LogP contribution >= 0.6 is 0 Å². The number of hydrogen-bond acceptors (Lipinski definition) is 6. The first kappa shape index (κ1) is 38.7. The molecule has 214 valence electrons.